The van der Waals surface area contributed by atoms with Crippen molar-refractivity contribution in [1.82, 2.24) is 4.31 Å². The van der Waals surface area contributed by atoms with Crippen molar-refractivity contribution in [3.63, 3.8) is 0 Å². The third-order valence-electron chi connectivity index (χ3n) is 5.64. The molecule has 0 bridgehead atoms. The maximum atomic E-state index is 13.2. The van der Waals surface area contributed by atoms with E-state index in [0.29, 0.717) is 29.8 Å². The van der Waals surface area contributed by atoms with Gasteiger partial charge in [0.2, 0.25) is 15.9 Å². The minimum absolute atomic E-state index is 0.0863. The van der Waals surface area contributed by atoms with Crippen LogP contribution in [0.25, 0.3) is 0 Å². The number of piperidine rings is 1. The number of fused-ring (bicyclic) bond motifs is 1. The molecule has 2 N–H and O–H groups in total. The van der Waals surface area contributed by atoms with Crippen LogP contribution in [-0.4, -0.2) is 44.2 Å². The monoisotopic (exact) mass is 443 g/mol. The molecule has 9 heteroatoms. The average molecular weight is 444 g/mol. The van der Waals surface area contributed by atoms with Gasteiger partial charge in [0, 0.05) is 30.8 Å². The Kier molecular flexibility index (Phi) is 5.72. The SMILES string of the molecule is Cc1cccc(NC(=O)C2CCN(S(=O)(=O)c3cc4c(cc3C)NC(=O)CO4)CC2)c1. The number of nitrogens with zero attached hydrogens (tertiary/aromatic N) is 1. The lowest BCUT2D eigenvalue weighted by Crippen LogP contribution is -2.41. The Hall–Kier alpha value is -2.91. The van der Waals surface area contributed by atoms with Gasteiger partial charge in [-0.3, -0.25) is 9.59 Å². The molecule has 164 valence electrons. The van der Waals surface area contributed by atoms with Gasteiger partial charge in [-0.25, -0.2) is 8.42 Å². The number of nitrogens with one attached hydrogen (secondary N) is 2. The quantitative estimate of drug-likeness (QED) is 0.756. The van der Waals surface area contributed by atoms with Crippen LogP contribution in [0.15, 0.2) is 41.3 Å². The lowest BCUT2D eigenvalue weighted by atomic mass is 9.97. The van der Waals surface area contributed by atoms with Gasteiger partial charge < -0.3 is 15.4 Å². The van der Waals surface area contributed by atoms with E-state index in [1.54, 1.807) is 13.0 Å². The molecule has 8 nitrogen and oxygen atoms in total. The molecule has 0 radical (unpaired) electrons. The topological polar surface area (TPSA) is 105 Å². The Morgan fingerprint density at radius 2 is 1.90 bits per heavy atom. The molecular weight excluding hydrogens is 418 g/mol. The van der Waals surface area contributed by atoms with Crippen LogP contribution in [0.2, 0.25) is 0 Å². The number of ether oxygens (including phenoxy) is 1. The zero-order valence-electron chi connectivity index (χ0n) is 17.5. The molecule has 2 aromatic carbocycles. The molecule has 2 aliphatic heterocycles. The van der Waals surface area contributed by atoms with Crippen LogP contribution in [0.1, 0.15) is 24.0 Å². The van der Waals surface area contributed by atoms with E-state index in [0.717, 1.165) is 11.3 Å². The summed E-state index contributed by atoms with van der Waals surface area (Å²) in [5.74, 6) is -0.253. The first kappa shape index (κ1) is 21.3. The second-order valence-electron chi connectivity index (χ2n) is 7.99. The van der Waals surface area contributed by atoms with Crippen molar-refractivity contribution < 1.29 is 22.7 Å². The normalized spacial score (nSPS) is 17.4. The van der Waals surface area contributed by atoms with Crippen molar-refractivity contribution in [1.29, 1.82) is 0 Å². The van der Waals surface area contributed by atoms with E-state index in [1.807, 2.05) is 31.2 Å². The summed E-state index contributed by atoms with van der Waals surface area (Å²) in [6.07, 6.45) is 0.904. The predicted octanol–water partition coefficient (Wildman–Crippen LogP) is 2.67. The minimum Gasteiger partial charge on any atom is -0.482 e. The third-order valence-corrected chi connectivity index (χ3v) is 7.68. The number of carbonyl (C=O) groups is 2. The van der Waals surface area contributed by atoms with Gasteiger partial charge in [-0.1, -0.05) is 12.1 Å². The number of rotatable bonds is 4. The number of anilines is 2. The number of hydrogen-bond acceptors (Lipinski definition) is 5. The molecule has 2 amide bonds. The summed E-state index contributed by atoms with van der Waals surface area (Å²) in [5, 5.41) is 5.61. The Balaban J connectivity index is 1.44. The van der Waals surface area contributed by atoms with E-state index in [4.69, 9.17) is 4.74 Å². The molecule has 2 aromatic rings. The highest BCUT2D eigenvalue weighted by Gasteiger charge is 2.34. The number of benzene rings is 2. The van der Waals surface area contributed by atoms with E-state index >= 15 is 0 Å². The van der Waals surface area contributed by atoms with Gasteiger partial charge in [0.25, 0.3) is 5.91 Å². The molecule has 4 rings (SSSR count). The van der Waals surface area contributed by atoms with E-state index in [1.165, 1.54) is 10.4 Å². The van der Waals surface area contributed by atoms with Crippen molar-refractivity contribution in [2.75, 3.05) is 30.3 Å². The smallest absolute Gasteiger partial charge is 0.262 e. The number of hydrogen-bond donors (Lipinski definition) is 2. The summed E-state index contributed by atoms with van der Waals surface area (Å²) >= 11 is 0. The fraction of sp³-hybridized carbons (Fsp3) is 0.364. The fourth-order valence-corrected chi connectivity index (χ4v) is 5.65. The van der Waals surface area contributed by atoms with Crippen LogP contribution in [-0.2, 0) is 19.6 Å². The molecule has 0 spiro atoms. The first-order chi connectivity index (χ1) is 14.7. The van der Waals surface area contributed by atoms with Crippen LogP contribution in [0.5, 0.6) is 5.75 Å². The molecule has 0 atom stereocenters. The summed E-state index contributed by atoms with van der Waals surface area (Å²) in [7, 11) is -3.74. The van der Waals surface area contributed by atoms with E-state index in [9.17, 15) is 18.0 Å². The van der Waals surface area contributed by atoms with E-state index in [-0.39, 0.29) is 42.3 Å². The Bertz CT molecular complexity index is 1140. The van der Waals surface area contributed by atoms with Crippen molar-refractivity contribution in [3.8, 4) is 5.75 Å². The summed E-state index contributed by atoms with van der Waals surface area (Å²) in [6.45, 7) is 4.04. The van der Waals surface area contributed by atoms with Gasteiger partial charge in [0.1, 0.15) is 5.75 Å². The number of sulfonamides is 1. The summed E-state index contributed by atoms with van der Waals surface area (Å²) < 4.78 is 33.3. The van der Waals surface area contributed by atoms with Gasteiger partial charge in [-0.05, 0) is 56.0 Å². The number of amides is 2. The van der Waals surface area contributed by atoms with Gasteiger partial charge in [0.15, 0.2) is 6.61 Å². The Morgan fingerprint density at radius 3 is 2.61 bits per heavy atom. The highest BCUT2D eigenvalue weighted by atomic mass is 32.2. The highest BCUT2D eigenvalue weighted by Crippen LogP contribution is 2.35. The molecule has 0 saturated carbocycles. The lowest BCUT2D eigenvalue weighted by Gasteiger charge is -2.31. The summed E-state index contributed by atoms with van der Waals surface area (Å²) in [4.78, 5) is 24.3. The second-order valence-corrected chi connectivity index (χ2v) is 9.89. The van der Waals surface area contributed by atoms with Crippen LogP contribution in [0, 0.1) is 19.8 Å². The molecule has 0 unspecified atom stereocenters. The lowest BCUT2D eigenvalue weighted by molar-refractivity contribution is -0.121. The van der Waals surface area contributed by atoms with Crippen molar-refractivity contribution in [2.45, 2.75) is 31.6 Å². The predicted molar refractivity (Wildman–Crippen MR) is 117 cm³/mol. The number of aryl methyl sites for hydroxylation is 2. The molecule has 1 saturated heterocycles. The average Bonchev–Trinajstić information content (AvgIpc) is 2.73. The standard InChI is InChI=1S/C22H25N3O5S/c1-14-4-3-5-17(10-14)23-22(27)16-6-8-25(9-7-16)31(28,29)20-12-19-18(11-15(20)2)24-21(26)13-30-19/h3-5,10-12,16H,6-9,13H2,1-2H3,(H,23,27)(H,24,26). The van der Waals surface area contributed by atoms with Crippen molar-refractivity contribution in [3.05, 3.63) is 47.5 Å². The maximum absolute atomic E-state index is 13.2. The Morgan fingerprint density at radius 1 is 1.16 bits per heavy atom. The number of carbonyl (C=O) groups excluding carboxylic acids is 2. The van der Waals surface area contributed by atoms with E-state index < -0.39 is 10.0 Å². The first-order valence-electron chi connectivity index (χ1n) is 10.2. The van der Waals surface area contributed by atoms with Crippen LogP contribution >= 0.6 is 0 Å². The van der Waals surface area contributed by atoms with Crippen LogP contribution < -0.4 is 15.4 Å². The van der Waals surface area contributed by atoms with Crippen molar-refractivity contribution >= 4 is 33.2 Å². The highest BCUT2D eigenvalue weighted by molar-refractivity contribution is 7.89. The zero-order chi connectivity index (χ0) is 22.2. The van der Waals surface area contributed by atoms with Crippen molar-refractivity contribution in [2.24, 2.45) is 5.92 Å². The molecule has 2 heterocycles. The largest absolute Gasteiger partial charge is 0.482 e. The summed E-state index contributed by atoms with van der Waals surface area (Å²) in [5.41, 5.74) is 2.81. The molecule has 2 aliphatic rings. The van der Waals surface area contributed by atoms with E-state index in [2.05, 4.69) is 10.6 Å². The van der Waals surface area contributed by atoms with Gasteiger partial charge in [0.05, 0.1) is 10.6 Å². The first-order valence-corrected chi connectivity index (χ1v) is 11.6. The second kappa shape index (κ2) is 8.32. The molecular formula is C22H25N3O5S. The maximum Gasteiger partial charge on any atom is 0.262 e. The fourth-order valence-electron chi connectivity index (χ4n) is 3.96. The van der Waals surface area contributed by atoms with Gasteiger partial charge in [-0.15, -0.1) is 0 Å². The Labute approximate surface area is 181 Å². The zero-order valence-corrected chi connectivity index (χ0v) is 18.3. The third kappa shape index (κ3) is 4.42. The molecule has 1 fully saturated rings. The van der Waals surface area contributed by atoms with Gasteiger partial charge in [-0.2, -0.15) is 4.31 Å². The summed E-state index contributed by atoms with van der Waals surface area (Å²) in [6, 6.07) is 10.7. The van der Waals surface area contributed by atoms with Crippen LogP contribution in [0.4, 0.5) is 11.4 Å². The molecule has 0 aliphatic carbocycles. The molecule has 0 aromatic heterocycles. The minimum atomic E-state index is -3.74. The molecule has 31 heavy (non-hydrogen) atoms. The van der Waals surface area contributed by atoms with Crippen LogP contribution in [0.3, 0.4) is 0 Å². The van der Waals surface area contributed by atoms with Gasteiger partial charge >= 0.3 is 0 Å².